The van der Waals surface area contributed by atoms with E-state index in [0.29, 0.717) is 18.0 Å². The SMILES string of the molecule is CCOc1ccccc1NC(=O)CSc1ncnc2scc(-c3ccc(C)c(C)c3)c12. The van der Waals surface area contributed by atoms with Gasteiger partial charge in [-0.25, -0.2) is 9.97 Å². The molecule has 0 fully saturated rings. The van der Waals surface area contributed by atoms with Gasteiger partial charge in [-0.1, -0.05) is 42.1 Å². The lowest BCUT2D eigenvalue weighted by atomic mass is 10.0. The first-order valence-electron chi connectivity index (χ1n) is 10.0. The summed E-state index contributed by atoms with van der Waals surface area (Å²) in [7, 11) is 0. The molecule has 4 rings (SSSR count). The van der Waals surface area contributed by atoms with Crippen LogP contribution in [0.3, 0.4) is 0 Å². The van der Waals surface area contributed by atoms with Crippen molar-refractivity contribution in [3.63, 3.8) is 0 Å². The van der Waals surface area contributed by atoms with E-state index in [0.717, 1.165) is 26.4 Å². The molecule has 0 radical (unpaired) electrons. The number of thiophene rings is 1. The van der Waals surface area contributed by atoms with Gasteiger partial charge in [-0.3, -0.25) is 4.79 Å². The number of thioether (sulfide) groups is 1. The molecule has 2 aromatic carbocycles. The van der Waals surface area contributed by atoms with E-state index in [2.05, 4.69) is 52.7 Å². The quantitative estimate of drug-likeness (QED) is 0.273. The molecule has 7 heteroatoms. The Morgan fingerprint density at radius 3 is 2.77 bits per heavy atom. The summed E-state index contributed by atoms with van der Waals surface area (Å²) in [4.78, 5) is 22.5. The number of fused-ring (bicyclic) bond motifs is 1. The van der Waals surface area contributed by atoms with Gasteiger partial charge in [-0.2, -0.15) is 0 Å². The molecule has 0 aliphatic heterocycles. The number of aryl methyl sites for hydroxylation is 2. The number of aromatic nitrogens is 2. The molecule has 0 saturated heterocycles. The van der Waals surface area contributed by atoms with Crippen LogP contribution in [0.2, 0.25) is 0 Å². The van der Waals surface area contributed by atoms with E-state index < -0.39 is 0 Å². The minimum absolute atomic E-state index is 0.105. The molecule has 0 aliphatic carbocycles. The highest BCUT2D eigenvalue weighted by atomic mass is 32.2. The van der Waals surface area contributed by atoms with Crippen LogP contribution in [0.5, 0.6) is 5.75 Å². The molecule has 0 atom stereocenters. The highest BCUT2D eigenvalue weighted by molar-refractivity contribution is 8.00. The summed E-state index contributed by atoms with van der Waals surface area (Å²) in [6.45, 7) is 6.68. The Labute approximate surface area is 189 Å². The molecule has 1 N–H and O–H groups in total. The fraction of sp³-hybridized carbons (Fsp3) is 0.208. The number of anilines is 1. The number of carbonyl (C=O) groups is 1. The number of nitrogens with one attached hydrogen (secondary N) is 1. The standard InChI is InChI=1S/C24H23N3O2S2/c1-4-29-20-8-6-5-7-19(20)27-21(28)13-31-24-22-18(12-30-23(22)25-14-26-24)17-10-9-15(2)16(3)11-17/h5-12,14H,4,13H2,1-3H3,(H,27,28). The summed E-state index contributed by atoms with van der Waals surface area (Å²) < 4.78 is 5.59. The molecular formula is C24H23N3O2S2. The third-order valence-corrected chi connectivity index (χ3v) is 6.83. The topological polar surface area (TPSA) is 64.1 Å². The average molecular weight is 450 g/mol. The molecule has 2 aromatic heterocycles. The predicted octanol–water partition coefficient (Wildman–Crippen LogP) is 6.10. The summed E-state index contributed by atoms with van der Waals surface area (Å²) in [5.74, 6) is 0.809. The Kier molecular flexibility index (Phi) is 6.53. The fourth-order valence-electron chi connectivity index (χ4n) is 3.25. The molecule has 5 nitrogen and oxygen atoms in total. The third kappa shape index (κ3) is 4.73. The van der Waals surface area contributed by atoms with Crippen molar-refractivity contribution in [1.82, 2.24) is 9.97 Å². The zero-order valence-electron chi connectivity index (χ0n) is 17.6. The van der Waals surface area contributed by atoms with Gasteiger partial charge in [0.1, 0.15) is 21.9 Å². The van der Waals surface area contributed by atoms with Gasteiger partial charge < -0.3 is 10.1 Å². The highest BCUT2D eigenvalue weighted by Crippen LogP contribution is 2.38. The second-order valence-electron chi connectivity index (χ2n) is 7.07. The van der Waals surface area contributed by atoms with Gasteiger partial charge >= 0.3 is 0 Å². The minimum Gasteiger partial charge on any atom is -0.492 e. The zero-order chi connectivity index (χ0) is 21.8. The summed E-state index contributed by atoms with van der Waals surface area (Å²) in [5, 5.41) is 6.87. The smallest absolute Gasteiger partial charge is 0.234 e. The van der Waals surface area contributed by atoms with E-state index in [1.165, 1.54) is 22.9 Å². The van der Waals surface area contributed by atoms with Crippen LogP contribution >= 0.6 is 23.1 Å². The van der Waals surface area contributed by atoms with Crippen molar-refractivity contribution in [2.45, 2.75) is 25.8 Å². The summed E-state index contributed by atoms with van der Waals surface area (Å²) >= 11 is 3.02. The van der Waals surface area contributed by atoms with Gasteiger partial charge in [0.15, 0.2) is 0 Å². The number of ether oxygens (including phenoxy) is 1. The zero-order valence-corrected chi connectivity index (χ0v) is 19.3. The van der Waals surface area contributed by atoms with Gasteiger partial charge in [0.2, 0.25) is 5.91 Å². The molecule has 0 unspecified atom stereocenters. The van der Waals surface area contributed by atoms with Crippen LogP contribution in [-0.4, -0.2) is 28.2 Å². The van der Waals surface area contributed by atoms with Crippen molar-refractivity contribution in [2.75, 3.05) is 17.7 Å². The number of carbonyl (C=O) groups excluding carboxylic acids is 1. The Morgan fingerprint density at radius 2 is 1.97 bits per heavy atom. The maximum atomic E-state index is 12.6. The van der Waals surface area contributed by atoms with Crippen LogP contribution in [0.4, 0.5) is 5.69 Å². The second kappa shape index (κ2) is 9.49. The molecule has 4 aromatic rings. The fourth-order valence-corrected chi connectivity index (χ4v) is 5.04. The number of hydrogen-bond donors (Lipinski definition) is 1. The van der Waals surface area contributed by atoms with Crippen LogP contribution in [0.1, 0.15) is 18.1 Å². The number of amides is 1. The monoisotopic (exact) mass is 449 g/mol. The molecule has 158 valence electrons. The van der Waals surface area contributed by atoms with Crippen LogP contribution in [-0.2, 0) is 4.79 Å². The van der Waals surface area contributed by atoms with Crippen LogP contribution in [0.25, 0.3) is 21.3 Å². The van der Waals surface area contributed by atoms with Gasteiger partial charge in [0.25, 0.3) is 0 Å². The van der Waals surface area contributed by atoms with Crippen LogP contribution in [0, 0.1) is 13.8 Å². The Bertz CT molecular complexity index is 1240. The number of nitrogens with zero attached hydrogens (tertiary/aromatic N) is 2. The van der Waals surface area contributed by atoms with Crippen molar-refractivity contribution in [1.29, 1.82) is 0 Å². The lowest BCUT2D eigenvalue weighted by Crippen LogP contribution is -2.15. The van der Waals surface area contributed by atoms with Crippen LogP contribution in [0.15, 0.2) is 59.2 Å². The highest BCUT2D eigenvalue weighted by Gasteiger charge is 2.16. The Balaban J connectivity index is 1.56. The molecule has 0 aliphatic rings. The van der Waals surface area contributed by atoms with E-state index in [4.69, 9.17) is 4.74 Å². The summed E-state index contributed by atoms with van der Waals surface area (Å²) in [6, 6.07) is 13.9. The first-order chi connectivity index (χ1) is 15.1. The van der Waals surface area contributed by atoms with Gasteiger partial charge in [0.05, 0.1) is 23.4 Å². The largest absolute Gasteiger partial charge is 0.492 e. The number of rotatable bonds is 7. The first-order valence-corrected chi connectivity index (χ1v) is 11.9. The third-order valence-electron chi connectivity index (χ3n) is 4.95. The number of para-hydroxylation sites is 2. The van der Waals surface area contributed by atoms with E-state index in [-0.39, 0.29) is 11.7 Å². The summed E-state index contributed by atoms with van der Waals surface area (Å²) in [5.41, 5.74) is 5.43. The van der Waals surface area contributed by atoms with Crippen LogP contribution < -0.4 is 10.1 Å². The number of hydrogen-bond acceptors (Lipinski definition) is 6. The van der Waals surface area contributed by atoms with Crippen molar-refractivity contribution < 1.29 is 9.53 Å². The Morgan fingerprint density at radius 1 is 1.13 bits per heavy atom. The molecule has 0 saturated carbocycles. The predicted molar refractivity (Wildman–Crippen MR) is 129 cm³/mol. The van der Waals surface area contributed by atoms with Gasteiger partial charge in [-0.15, -0.1) is 11.3 Å². The first kappa shape index (κ1) is 21.3. The van der Waals surface area contributed by atoms with Crippen molar-refractivity contribution in [2.24, 2.45) is 0 Å². The molecule has 0 spiro atoms. The van der Waals surface area contributed by atoms with E-state index in [1.807, 2.05) is 31.2 Å². The molecule has 31 heavy (non-hydrogen) atoms. The maximum Gasteiger partial charge on any atom is 0.234 e. The molecule has 0 bridgehead atoms. The van der Waals surface area contributed by atoms with Gasteiger partial charge in [0, 0.05) is 10.9 Å². The Hall–Kier alpha value is -2.90. The van der Waals surface area contributed by atoms with E-state index >= 15 is 0 Å². The van der Waals surface area contributed by atoms with E-state index in [1.54, 1.807) is 17.7 Å². The van der Waals surface area contributed by atoms with Crippen molar-refractivity contribution in [3.8, 4) is 16.9 Å². The molecule has 2 heterocycles. The number of benzene rings is 2. The lowest BCUT2D eigenvalue weighted by Gasteiger charge is -2.11. The second-order valence-corrected chi connectivity index (χ2v) is 8.90. The van der Waals surface area contributed by atoms with Gasteiger partial charge in [-0.05, 0) is 49.6 Å². The lowest BCUT2D eigenvalue weighted by molar-refractivity contribution is -0.113. The average Bonchev–Trinajstić information content (AvgIpc) is 3.21. The van der Waals surface area contributed by atoms with Crippen molar-refractivity contribution in [3.05, 3.63) is 65.3 Å². The normalized spacial score (nSPS) is 10.9. The van der Waals surface area contributed by atoms with E-state index in [9.17, 15) is 4.79 Å². The maximum absolute atomic E-state index is 12.6. The molecular weight excluding hydrogens is 426 g/mol. The molecule has 1 amide bonds. The summed E-state index contributed by atoms with van der Waals surface area (Å²) in [6.07, 6.45) is 1.56. The van der Waals surface area contributed by atoms with Crippen molar-refractivity contribution >= 4 is 44.9 Å². The minimum atomic E-state index is -0.105.